The summed E-state index contributed by atoms with van der Waals surface area (Å²) >= 11 is 4.99. The standard InChI is InChI=1S/C10H11BrN4S/c11-8-1-7(3-13-4-8)2-9(15-12)10-5-14-6-16-10/h1,3-6,9,15H,2,12H2. The number of pyridine rings is 1. The second-order valence-electron chi connectivity index (χ2n) is 3.34. The molecule has 84 valence electrons. The van der Waals surface area contributed by atoms with Crippen LogP contribution < -0.4 is 11.3 Å². The summed E-state index contributed by atoms with van der Waals surface area (Å²) in [4.78, 5) is 9.30. The maximum absolute atomic E-state index is 5.55. The van der Waals surface area contributed by atoms with Gasteiger partial charge in [-0.1, -0.05) is 0 Å². The minimum absolute atomic E-state index is 0.0867. The minimum atomic E-state index is 0.0867. The van der Waals surface area contributed by atoms with Crippen LogP contribution in [0.15, 0.2) is 34.6 Å². The highest BCUT2D eigenvalue weighted by atomic mass is 79.9. The van der Waals surface area contributed by atoms with Crippen LogP contribution in [0, 0.1) is 0 Å². The fourth-order valence-corrected chi connectivity index (χ4v) is 2.54. The zero-order valence-corrected chi connectivity index (χ0v) is 10.8. The molecule has 0 radical (unpaired) electrons. The molecule has 0 aromatic carbocycles. The summed E-state index contributed by atoms with van der Waals surface area (Å²) in [5.41, 5.74) is 5.73. The van der Waals surface area contributed by atoms with E-state index in [-0.39, 0.29) is 6.04 Å². The first-order valence-corrected chi connectivity index (χ1v) is 6.41. The molecule has 4 nitrogen and oxygen atoms in total. The van der Waals surface area contributed by atoms with Gasteiger partial charge in [0, 0.05) is 27.9 Å². The second-order valence-corrected chi connectivity index (χ2v) is 5.17. The van der Waals surface area contributed by atoms with Gasteiger partial charge in [0.25, 0.3) is 0 Å². The van der Waals surface area contributed by atoms with Crippen LogP contribution in [0.1, 0.15) is 16.5 Å². The average molecular weight is 299 g/mol. The molecule has 0 bridgehead atoms. The molecule has 0 aliphatic carbocycles. The molecular weight excluding hydrogens is 288 g/mol. The highest BCUT2D eigenvalue weighted by molar-refractivity contribution is 9.10. The minimum Gasteiger partial charge on any atom is -0.271 e. The van der Waals surface area contributed by atoms with Crippen molar-refractivity contribution < 1.29 is 0 Å². The number of nitrogens with one attached hydrogen (secondary N) is 1. The van der Waals surface area contributed by atoms with Crippen LogP contribution in [0.3, 0.4) is 0 Å². The van der Waals surface area contributed by atoms with Gasteiger partial charge >= 0.3 is 0 Å². The molecule has 6 heteroatoms. The molecule has 0 aliphatic heterocycles. The van der Waals surface area contributed by atoms with Gasteiger partial charge in [-0.25, -0.2) is 0 Å². The Morgan fingerprint density at radius 3 is 2.88 bits per heavy atom. The molecule has 2 aromatic rings. The molecule has 0 aliphatic rings. The van der Waals surface area contributed by atoms with Gasteiger partial charge < -0.3 is 0 Å². The Hall–Kier alpha value is -0.820. The molecule has 2 rings (SSSR count). The van der Waals surface area contributed by atoms with Gasteiger partial charge in [0.15, 0.2) is 0 Å². The van der Waals surface area contributed by atoms with E-state index >= 15 is 0 Å². The molecular formula is C10H11BrN4S. The number of hydrogen-bond donors (Lipinski definition) is 2. The van der Waals surface area contributed by atoms with Crippen LogP contribution >= 0.6 is 27.3 Å². The topological polar surface area (TPSA) is 63.8 Å². The molecule has 0 saturated heterocycles. The van der Waals surface area contributed by atoms with Crippen molar-refractivity contribution in [2.24, 2.45) is 5.84 Å². The van der Waals surface area contributed by atoms with Crippen molar-refractivity contribution in [1.29, 1.82) is 0 Å². The lowest BCUT2D eigenvalue weighted by molar-refractivity contribution is 0.559. The Kier molecular flexibility index (Phi) is 4.00. The van der Waals surface area contributed by atoms with Gasteiger partial charge in [-0.3, -0.25) is 21.2 Å². The summed E-state index contributed by atoms with van der Waals surface area (Å²) in [6, 6.07) is 2.13. The van der Waals surface area contributed by atoms with Crippen molar-refractivity contribution in [3.05, 3.63) is 45.1 Å². The third-order valence-corrected chi connectivity index (χ3v) is 3.52. The molecule has 1 atom stereocenters. The van der Waals surface area contributed by atoms with E-state index in [1.54, 1.807) is 23.0 Å². The predicted octanol–water partition coefficient (Wildman–Crippen LogP) is 2.05. The SMILES string of the molecule is NNC(Cc1cncc(Br)c1)c1cncs1. The van der Waals surface area contributed by atoms with E-state index in [1.165, 1.54) is 0 Å². The fourth-order valence-electron chi connectivity index (χ4n) is 1.44. The van der Waals surface area contributed by atoms with Crippen molar-refractivity contribution in [2.45, 2.75) is 12.5 Å². The van der Waals surface area contributed by atoms with Crippen molar-refractivity contribution in [3.8, 4) is 0 Å². The Bertz CT molecular complexity index is 446. The fraction of sp³-hybridized carbons (Fsp3) is 0.200. The normalized spacial score (nSPS) is 12.6. The monoisotopic (exact) mass is 298 g/mol. The summed E-state index contributed by atoms with van der Waals surface area (Å²) in [5.74, 6) is 5.55. The zero-order valence-electron chi connectivity index (χ0n) is 8.43. The summed E-state index contributed by atoms with van der Waals surface area (Å²) in [7, 11) is 0. The smallest absolute Gasteiger partial charge is 0.0794 e. The van der Waals surface area contributed by atoms with Crippen LogP contribution in [-0.4, -0.2) is 9.97 Å². The lowest BCUT2D eigenvalue weighted by atomic mass is 10.1. The van der Waals surface area contributed by atoms with Gasteiger partial charge in [0.2, 0.25) is 0 Å². The first-order chi connectivity index (χ1) is 7.79. The van der Waals surface area contributed by atoms with Gasteiger partial charge in [0.1, 0.15) is 0 Å². The molecule has 2 aromatic heterocycles. The van der Waals surface area contributed by atoms with Crippen LogP contribution in [0.5, 0.6) is 0 Å². The number of hydrazine groups is 1. The third-order valence-electron chi connectivity index (χ3n) is 2.20. The maximum atomic E-state index is 5.55. The molecule has 3 N–H and O–H groups in total. The molecule has 1 unspecified atom stereocenters. The van der Waals surface area contributed by atoms with E-state index in [4.69, 9.17) is 5.84 Å². The number of rotatable bonds is 4. The van der Waals surface area contributed by atoms with Gasteiger partial charge in [-0.15, -0.1) is 11.3 Å². The number of nitrogens with two attached hydrogens (primary N) is 1. The van der Waals surface area contributed by atoms with E-state index in [0.29, 0.717) is 0 Å². The molecule has 16 heavy (non-hydrogen) atoms. The van der Waals surface area contributed by atoms with Crippen LogP contribution in [0.25, 0.3) is 0 Å². The Morgan fingerprint density at radius 2 is 2.25 bits per heavy atom. The first-order valence-electron chi connectivity index (χ1n) is 4.73. The highest BCUT2D eigenvalue weighted by Crippen LogP contribution is 2.21. The third kappa shape index (κ3) is 2.85. The number of hydrogen-bond acceptors (Lipinski definition) is 5. The van der Waals surface area contributed by atoms with Crippen molar-refractivity contribution >= 4 is 27.3 Å². The molecule has 2 heterocycles. The van der Waals surface area contributed by atoms with E-state index < -0.39 is 0 Å². The lowest BCUT2D eigenvalue weighted by Crippen LogP contribution is -2.29. The quantitative estimate of drug-likeness (QED) is 0.670. The van der Waals surface area contributed by atoms with Gasteiger partial charge in [-0.05, 0) is 34.0 Å². The first kappa shape index (κ1) is 11.7. The van der Waals surface area contributed by atoms with Crippen molar-refractivity contribution in [3.63, 3.8) is 0 Å². The number of thiazole rings is 1. The van der Waals surface area contributed by atoms with E-state index in [1.807, 2.05) is 18.5 Å². The number of nitrogens with zero attached hydrogens (tertiary/aromatic N) is 2. The van der Waals surface area contributed by atoms with Gasteiger partial charge in [-0.2, -0.15) is 0 Å². The maximum Gasteiger partial charge on any atom is 0.0794 e. The molecule has 0 spiro atoms. The summed E-state index contributed by atoms with van der Waals surface area (Å²) < 4.78 is 0.977. The predicted molar refractivity (Wildman–Crippen MR) is 67.8 cm³/mol. The van der Waals surface area contributed by atoms with Crippen molar-refractivity contribution in [1.82, 2.24) is 15.4 Å². The summed E-state index contributed by atoms with van der Waals surface area (Å²) in [6.45, 7) is 0. The largest absolute Gasteiger partial charge is 0.271 e. The second kappa shape index (κ2) is 5.49. The van der Waals surface area contributed by atoms with E-state index in [9.17, 15) is 0 Å². The van der Waals surface area contributed by atoms with Crippen LogP contribution in [0.4, 0.5) is 0 Å². The zero-order chi connectivity index (χ0) is 11.4. The highest BCUT2D eigenvalue weighted by Gasteiger charge is 2.12. The summed E-state index contributed by atoms with van der Waals surface area (Å²) in [6.07, 6.45) is 6.24. The van der Waals surface area contributed by atoms with Crippen LogP contribution in [-0.2, 0) is 6.42 Å². The molecule has 0 saturated carbocycles. The summed E-state index contributed by atoms with van der Waals surface area (Å²) in [5, 5.41) is 0. The Labute approximate surface area is 106 Å². The lowest BCUT2D eigenvalue weighted by Gasteiger charge is -2.13. The van der Waals surface area contributed by atoms with E-state index in [0.717, 1.165) is 21.3 Å². The van der Waals surface area contributed by atoms with Gasteiger partial charge in [0.05, 0.1) is 11.6 Å². The molecule has 0 amide bonds. The Morgan fingerprint density at radius 1 is 1.38 bits per heavy atom. The average Bonchev–Trinajstić information content (AvgIpc) is 2.79. The van der Waals surface area contributed by atoms with E-state index in [2.05, 4.69) is 31.3 Å². The Balaban J connectivity index is 2.13. The van der Waals surface area contributed by atoms with Crippen molar-refractivity contribution in [2.75, 3.05) is 0 Å². The number of aromatic nitrogens is 2. The molecule has 0 fully saturated rings. The van der Waals surface area contributed by atoms with Crippen LogP contribution in [0.2, 0.25) is 0 Å². The number of halogens is 1.